The minimum Gasteiger partial charge on any atom is -0.381 e. The van der Waals surface area contributed by atoms with Crippen molar-refractivity contribution in [2.24, 2.45) is 5.41 Å². The lowest BCUT2D eigenvalue weighted by molar-refractivity contribution is 0.00744. The molecule has 0 bridgehead atoms. The molecule has 0 aromatic carbocycles. The van der Waals surface area contributed by atoms with Crippen LogP contribution >= 0.6 is 0 Å². The van der Waals surface area contributed by atoms with Gasteiger partial charge in [0, 0.05) is 18.6 Å². The first-order valence-electron chi connectivity index (χ1n) is 5.92. The molecule has 2 rings (SSSR count). The number of hydrogen-bond acceptors (Lipinski definition) is 2. The van der Waals surface area contributed by atoms with E-state index in [2.05, 4.69) is 20.8 Å². The molecule has 0 aromatic heterocycles. The minimum atomic E-state index is 0.480. The van der Waals surface area contributed by atoms with Crippen molar-refractivity contribution < 1.29 is 9.47 Å². The number of rotatable bonds is 0. The molecule has 2 heteroatoms. The summed E-state index contributed by atoms with van der Waals surface area (Å²) in [6.07, 6.45) is 5.39. The molecular formula is C12H24O2. The standard InChI is InChI=1S/C9H16O2.C3H8/c1-8-6-9(7-11-8)2-4-10-5-3-9;1-3-2/h8H,2-7H2,1H3;3H2,1-2H3. The Balaban J connectivity index is 0.000000293. The fourth-order valence-corrected chi connectivity index (χ4v) is 2.20. The van der Waals surface area contributed by atoms with Gasteiger partial charge in [-0.2, -0.15) is 0 Å². The van der Waals surface area contributed by atoms with Crippen LogP contribution in [-0.2, 0) is 9.47 Å². The van der Waals surface area contributed by atoms with Gasteiger partial charge >= 0.3 is 0 Å². The fraction of sp³-hybridized carbons (Fsp3) is 1.00. The lowest BCUT2D eigenvalue weighted by Crippen LogP contribution is -2.29. The van der Waals surface area contributed by atoms with Crippen molar-refractivity contribution in [3.05, 3.63) is 0 Å². The first-order valence-corrected chi connectivity index (χ1v) is 5.92. The summed E-state index contributed by atoms with van der Waals surface area (Å²) in [5, 5.41) is 0. The van der Waals surface area contributed by atoms with Gasteiger partial charge in [0.1, 0.15) is 0 Å². The van der Waals surface area contributed by atoms with Gasteiger partial charge in [-0.25, -0.2) is 0 Å². The van der Waals surface area contributed by atoms with E-state index < -0.39 is 0 Å². The van der Waals surface area contributed by atoms with Gasteiger partial charge in [0.05, 0.1) is 12.7 Å². The van der Waals surface area contributed by atoms with Crippen molar-refractivity contribution in [2.75, 3.05) is 19.8 Å². The minimum absolute atomic E-state index is 0.480. The van der Waals surface area contributed by atoms with Crippen LogP contribution < -0.4 is 0 Å². The molecular weight excluding hydrogens is 176 g/mol. The second kappa shape index (κ2) is 5.72. The quantitative estimate of drug-likeness (QED) is 0.598. The molecule has 84 valence electrons. The summed E-state index contributed by atoms with van der Waals surface area (Å²) in [5.74, 6) is 0. The van der Waals surface area contributed by atoms with Crippen molar-refractivity contribution in [3.63, 3.8) is 0 Å². The van der Waals surface area contributed by atoms with Crippen molar-refractivity contribution in [3.8, 4) is 0 Å². The first kappa shape index (κ1) is 12.0. The molecule has 2 heterocycles. The van der Waals surface area contributed by atoms with Crippen molar-refractivity contribution in [1.29, 1.82) is 0 Å². The molecule has 0 N–H and O–H groups in total. The lowest BCUT2D eigenvalue weighted by Gasteiger charge is -2.31. The fourth-order valence-electron chi connectivity index (χ4n) is 2.20. The van der Waals surface area contributed by atoms with Gasteiger partial charge < -0.3 is 9.47 Å². The highest BCUT2D eigenvalue weighted by Crippen LogP contribution is 2.40. The van der Waals surface area contributed by atoms with Crippen molar-refractivity contribution in [2.45, 2.75) is 52.6 Å². The predicted octanol–water partition coefficient (Wildman–Crippen LogP) is 3.01. The van der Waals surface area contributed by atoms with Gasteiger partial charge in [-0.1, -0.05) is 20.3 Å². The number of hydrogen-bond donors (Lipinski definition) is 0. The molecule has 1 atom stereocenters. The number of ether oxygens (including phenoxy) is 2. The highest BCUT2D eigenvalue weighted by Gasteiger charge is 2.39. The third kappa shape index (κ3) is 3.25. The second-order valence-electron chi connectivity index (χ2n) is 4.65. The highest BCUT2D eigenvalue weighted by atomic mass is 16.5. The Bertz CT molecular complexity index is 145. The summed E-state index contributed by atoms with van der Waals surface area (Å²) in [4.78, 5) is 0. The Morgan fingerprint density at radius 1 is 1.21 bits per heavy atom. The molecule has 1 spiro atoms. The largest absolute Gasteiger partial charge is 0.381 e. The maximum Gasteiger partial charge on any atom is 0.0553 e. The summed E-state index contributed by atoms with van der Waals surface area (Å²) in [6, 6.07) is 0. The van der Waals surface area contributed by atoms with Crippen molar-refractivity contribution in [1.82, 2.24) is 0 Å². The summed E-state index contributed by atoms with van der Waals surface area (Å²) in [5.41, 5.74) is 0.498. The summed E-state index contributed by atoms with van der Waals surface area (Å²) in [6.45, 7) is 9.27. The van der Waals surface area contributed by atoms with Crippen LogP contribution in [-0.4, -0.2) is 25.9 Å². The lowest BCUT2D eigenvalue weighted by atomic mass is 9.79. The zero-order valence-electron chi connectivity index (χ0n) is 9.84. The maximum absolute atomic E-state index is 5.59. The van der Waals surface area contributed by atoms with E-state index in [0.29, 0.717) is 11.5 Å². The molecule has 0 aromatic rings. The van der Waals surface area contributed by atoms with Gasteiger partial charge in [0.15, 0.2) is 0 Å². The van der Waals surface area contributed by atoms with E-state index in [9.17, 15) is 0 Å². The van der Waals surface area contributed by atoms with E-state index in [1.54, 1.807) is 0 Å². The van der Waals surface area contributed by atoms with Crippen LogP contribution in [0.5, 0.6) is 0 Å². The molecule has 2 nitrogen and oxygen atoms in total. The molecule has 0 radical (unpaired) electrons. The Kier molecular flexibility index (Phi) is 4.90. The van der Waals surface area contributed by atoms with Gasteiger partial charge in [0.2, 0.25) is 0 Å². The normalized spacial score (nSPS) is 29.8. The second-order valence-corrected chi connectivity index (χ2v) is 4.65. The van der Waals surface area contributed by atoms with Crippen LogP contribution in [0.15, 0.2) is 0 Å². The Morgan fingerprint density at radius 3 is 2.21 bits per heavy atom. The van der Waals surface area contributed by atoms with E-state index in [4.69, 9.17) is 9.47 Å². The molecule has 2 aliphatic rings. The zero-order chi connectivity index (χ0) is 10.4. The van der Waals surface area contributed by atoms with E-state index in [1.807, 2.05) is 0 Å². The molecule has 0 saturated carbocycles. The van der Waals surface area contributed by atoms with E-state index >= 15 is 0 Å². The third-order valence-electron chi connectivity index (χ3n) is 2.95. The van der Waals surface area contributed by atoms with Gasteiger partial charge in [-0.15, -0.1) is 0 Å². The van der Waals surface area contributed by atoms with Gasteiger partial charge in [-0.05, 0) is 26.2 Å². The van der Waals surface area contributed by atoms with E-state index in [1.165, 1.54) is 25.7 Å². The molecule has 1 unspecified atom stereocenters. The van der Waals surface area contributed by atoms with Gasteiger partial charge in [0.25, 0.3) is 0 Å². The molecule has 0 aliphatic carbocycles. The zero-order valence-corrected chi connectivity index (χ0v) is 9.84. The molecule has 2 fully saturated rings. The molecule has 0 amide bonds. The van der Waals surface area contributed by atoms with Crippen LogP contribution in [0.2, 0.25) is 0 Å². The average Bonchev–Trinajstić information content (AvgIpc) is 2.50. The summed E-state index contributed by atoms with van der Waals surface area (Å²) in [7, 11) is 0. The smallest absolute Gasteiger partial charge is 0.0553 e. The van der Waals surface area contributed by atoms with Crippen LogP contribution in [0.25, 0.3) is 0 Å². The Labute approximate surface area is 88.0 Å². The monoisotopic (exact) mass is 200 g/mol. The Hall–Kier alpha value is -0.0800. The average molecular weight is 200 g/mol. The van der Waals surface area contributed by atoms with E-state index in [0.717, 1.165) is 19.8 Å². The SMILES string of the molecule is CC1CC2(CCOCC2)CO1.CCC. The van der Waals surface area contributed by atoms with Crippen LogP contribution in [0.1, 0.15) is 46.5 Å². The van der Waals surface area contributed by atoms with Crippen LogP contribution in [0, 0.1) is 5.41 Å². The topological polar surface area (TPSA) is 18.5 Å². The first-order chi connectivity index (χ1) is 6.72. The van der Waals surface area contributed by atoms with Crippen molar-refractivity contribution >= 4 is 0 Å². The molecule has 14 heavy (non-hydrogen) atoms. The highest BCUT2D eigenvalue weighted by molar-refractivity contribution is 4.88. The van der Waals surface area contributed by atoms with Gasteiger partial charge in [-0.3, -0.25) is 0 Å². The van der Waals surface area contributed by atoms with Crippen LogP contribution in [0.3, 0.4) is 0 Å². The van der Waals surface area contributed by atoms with E-state index in [-0.39, 0.29) is 0 Å². The maximum atomic E-state index is 5.59. The molecule has 2 aliphatic heterocycles. The third-order valence-corrected chi connectivity index (χ3v) is 2.95. The Morgan fingerprint density at radius 2 is 1.79 bits per heavy atom. The predicted molar refractivity (Wildman–Crippen MR) is 58.5 cm³/mol. The summed E-state index contributed by atoms with van der Waals surface area (Å²) >= 11 is 0. The molecule has 2 saturated heterocycles. The summed E-state index contributed by atoms with van der Waals surface area (Å²) < 4.78 is 10.9. The van der Waals surface area contributed by atoms with Crippen LogP contribution in [0.4, 0.5) is 0 Å².